The Morgan fingerprint density at radius 3 is 3.09 bits per heavy atom. The molecule has 6 unspecified atom stereocenters. The molecule has 4 bridgehead atoms. The fraction of sp³-hybridized carbons (Fsp3) is 0.923. The molecule has 0 N–H and O–H groups in total. The van der Waals surface area contributed by atoms with E-state index in [1.165, 1.54) is 0 Å². The molecule has 9 heteroatoms. The fourth-order valence-electron chi connectivity index (χ4n) is 4.02. The minimum absolute atomic E-state index is 0.00372. The number of carbonyl (C=O) groups is 1. The van der Waals surface area contributed by atoms with Crippen molar-refractivity contribution < 1.29 is 18.6 Å². The van der Waals surface area contributed by atoms with Crippen LogP contribution in [0.25, 0.3) is 10.4 Å². The third kappa shape index (κ3) is 2.76. The number of hydrogen-bond acceptors (Lipinski definition) is 5. The lowest BCUT2D eigenvalue weighted by Gasteiger charge is -2.51. The molecule has 4 aliphatic rings. The first-order chi connectivity index (χ1) is 10.5. The maximum absolute atomic E-state index is 12.5. The van der Waals surface area contributed by atoms with Crippen LogP contribution in [-0.2, 0) is 18.6 Å². The van der Waals surface area contributed by atoms with Gasteiger partial charge in [-0.3, -0.25) is 9.36 Å². The van der Waals surface area contributed by atoms with Crippen LogP contribution in [0.3, 0.4) is 0 Å². The summed E-state index contributed by atoms with van der Waals surface area (Å²) in [5, 5.41) is 3.44. The predicted octanol–water partition coefficient (Wildman–Crippen LogP) is 2.69. The summed E-state index contributed by atoms with van der Waals surface area (Å²) in [6, 6.07) is 0.302. The first-order valence-electron chi connectivity index (χ1n) is 7.77. The normalized spacial score (nSPS) is 42.0. The molecular formula is C13H21N4O4P. The number of azide groups is 1. The van der Waals surface area contributed by atoms with E-state index in [-0.39, 0.29) is 24.0 Å². The average Bonchev–Trinajstić information content (AvgIpc) is 2.81. The van der Waals surface area contributed by atoms with Gasteiger partial charge in [-0.05, 0) is 37.6 Å². The highest BCUT2D eigenvalue weighted by Gasteiger charge is 2.61. The van der Waals surface area contributed by atoms with Crippen molar-refractivity contribution in [3.8, 4) is 0 Å². The summed E-state index contributed by atoms with van der Waals surface area (Å²) in [6.45, 7) is 2.39. The highest BCUT2D eigenvalue weighted by molar-refractivity contribution is 7.55. The number of esters is 1. The molecule has 4 rings (SSSR count). The van der Waals surface area contributed by atoms with Crippen LogP contribution < -0.4 is 0 Å². The first-order valence-corrected chi connectivity index (χ1v) is 9.79. The van der Waals surface area contributed by atoms with E-state index < -0.39 is 7.52 Å². The van der Waals surface area contributed by atoms with E-state index in [4.69, 9.17) is 14.8 Å². The van der Waals surface area contributed by atoms with E-state index in [0.717, 1.165) is 19.3 Å². The molecule has 0 aromatic heterocycles. The smallest absolute Gasteiger partial charge is 0.313 e. The van der Waals surface area contributed by atoms with Gasteiger partial charge in [0, 0.05) is 30.2 Å². The number of unbranched alkanes of at least 4 members (excludes halogenated alkanes) is 1. The fourth-order valence-corrected chi connectivity index (χ4v) is 6.45. The van der Waals surface area contributed by atoms with E-state index in [2.05, 4.69) is 10.0 Å². The molecule has 0 aromatic rings. The lowest BCUT2D eigenvalue weighted by atomic mass is 9.89. The number of carbonyl (C=O) groups excluding carboxylic acids is 1. The highest BCUT2D eigenvalue weighted by Crippen LogP contribution is 2.65. The van der Waals surface area contributed by atoms with Crippen molar-refractivity contribution >= 4 is 13.5 Å². The summed E-state index contributed by atoms with van der Waals surface area (Å²) in [4.78, 5) is 15.1. The Morgan fingerprint density at radius 1 is 1.50 bits per heavy atom. The molecule has 4 heterocycles. The SMILES string of the molecule is CP1(=O)OC2CC3CCC(C2C(=O)OCCCCN=[N+]=[N-])N31. The summed E-state index contributed by atoms with van der Waals surface area (Å²) < 4.78 is 25.5. The Bertz CT molecular complexity index is 550. The van der Waals surface area contributed by atoms with E-state index in [1.54, 1.807) is 6.66 Å². The molecule has 0 spiro atoms. The number of rotatable bonds is 6. The predicted molar refractivity (Wildman–Crippen MR) is 79.4 cm³/mol. The van der Waals surface area contributed by atoms with Gasteiger partial charge in [0.25, 0.3) is 7.52 Å². The molecular weight excluding hydrogens is 307 g/mol. The largest absolute Gasteiger partial charge is 0.465 e. The first kappa shape index (κ1) is 15.8. The highest BCUT2D eigenvalue weighted by atomic mass is 31.2. The Morgan fingerprint density at radius 2 is 2.32 bits per heavy atom. The third-order valence-corrected chi connectivity index (χ3v) is 6.94. The monoisotopic (exact) mass is 328 g/mol. The average molecular weight is 328 g/mol. The van der Waals surface area contributed by atoms with E-state index in [1.807, 2.05) is 4.67 Å². The molecule has 6 atom stereocenters. The minimum atomic E-state index is -2.74. The molecule has 0 saturated carbocycles. The van der Waals surface area contributed by atoms with Crippen LogP contribution in [0.15, 0.2) is 5.11 Å². The summed E-state index contributed by atoms with van der Waals surface area (Å²) >= 11 is 0. The molecule has 0 amide bonds. The van der Waals surface area contributed by atoms with Crippen molar-refractivity contribution in [3.05, 3.63) is 10.4 Å². The van der Waals surface area contributed by atoms with Gasteiger partial charge >= 0.3 is 5.97 Å². The minimum Gasteiger partial charge on any atom is -0.465 e. The number of fused-ring (bicyclic) bond motifs is 1. The van der Waals surface area contributed by atoms with Crippen molar-refractivity contribution in [2.24, 2.45) is 11.0 Å². The molecule has 0 radical (unpaired) electrons. The van der Waals surface area contributed by atoms with Crippen molar-refractivity contribution in [1.29, 1.82) is 0 Å². The molecule has 8 nitrogen and oxygen atoms in total. The van der Waals surface area contributed by atoms with Crippen LogP contribution in [0.4, 0.5) is 0 Å². The Labute approximate surface area is 129 Å². The second kappa shape index (κ2) is 6.20. The van der Waals surface area contributed by atoms with Gasteiger partial charge < -0.3 is 9.26 Å². The number of ether oxygens (including phenoxy) is 1. The second-order valence-electron chi connectivity index (χ2n) is 6.22. The second-order valence-corrected chi connectivity index (χ2v) is 8.49. The Balaban J connectivity index is 1.55. The quantitative estimate of drug-likeness (QED) is 0.186. The summed E-state index contributed by atoms with van der Waals surface area (Å²) in [6.07, 6.45) is 3.74. The molecule has 122 valence electrons. The topological polar surface area (TPSA) is 105 Å². The van der Waals surface area contributed by atoms with Gasteiger partial charge in [0.05, 0.1) is 18.6 Å². The van der Waals surface area contributed by atoms with Crippen molar-refractivity contribution in [2.75, 3.05) is 19.8 Å². The van der Waals surface area contributed by atoms with Gasteiger partial charge in [0.2, 0.25) is 0 Å². The molecule has 4 fully saturated rings. The maximum Gasteiger partial charge on any atom is 0.313 e. The van der Waals surface area contributed by atoms with Crippen LogP contribution >= 0.6 is 7.52 Å². The van der Waals surface area contributed by atoms with Crippen molar-refractivity contribution in [1.82, 2.24) is 4.67 Å². The number of piperidine rings is 1. The van der Waals surface area contributed by atoms with Gasteiger partial charge in [-0.25, -0.2) is 4.67 Å². The third-order valence-electron chi connectivity index (χ3n) is 4.81. The van der Waals surface area contributed by atoms with Crippen LogP contribution in [-0.4, -0.2) is 48.6 Å². The zero-order chi connectivity index (χ0) is 15.7. The van der Waals surface area contributed by atoms with E-state index >= 15 is 0 Å². The maximum atomic E-state index is 12.5. The van der Waals surface area contributed by atoms with Crippen molar-refractivity contribution in [3.63, 3.8) is 0 Å². The Hall–Kier alpha value is -1.07. The lowest BCUT2D eigenvalue weighted by molar-refractivity contribution is -0.159. The van der Waals surface area contributed by atoms with Crippen LogP contribution in [0.5, 0.6) is 0 Å². The standard InChI is InChI=1S/C13H21N4O4P/c1-22(19)17-9-4-5-10(17)12(11(8-9)21-22)13(18)20-7-3-2-6-15-16-14/h9-12H,2-8H2,1H3. The van der Waals surface area contributed by atoms with Gasteiger partial charge in [-0.1, -0.05) is 5.11 Å². The molecule has 4 saturated heterocycles. The summed E-state index contributed by atoms with van der Waals surface area (Å²) in [5.41, 5.74) is 8.18. The Kier molecular flexibility index (Phi) is 4.46. The zero-order valence-corrected chi connectivity index (χ0v) is 13.5. The van der Waals surface area contributed by atoms with Gasteiger partial charge in [0.15, 0.2) is 0 Å². The van der Waals surface area contributed by atoms with E-state index in [9.17, 15) is 9.36 Å². The van der Waals surface area contributed by atoms with Crippen LogP contribution in [0.2, 0.25) is 0 Å². The number of nitrogens with zero attached hydrogens (tertiary/aromatic N) is 4. The summed E-state index contributed by atoms with van der Waals surface area (Å²) in [7, 11) is -2.74. The molecule has 0 aliphatic carbocycles. The molecule has 4 aliphatic heterocycles. The van der Waals surface area contributed by atoms with Crippen LogP contribution in [0, 0.1) is 5.92 Å². The summed E-state index contributed by atoms with van der Waals surface area (Å²) in [5.74, 6) is -0.568. The van der Waals surface area contributed by atoms with Gasteiger partial charge in [-0.2, -0.15) is 0 Å². The number of hydrogen-bond donors (Lipinski definition) is 0. The van der Waals surface area contributed by atoms with Crippen molar-refractivity contribution in [2.45, 2.75) is 50.3 Å². The lowest BCUT2D eigenvalue weighted by Crippen LogP contribution is -2.57. The van der Waals surface area contributed by atoms with Crippen LogP contribution in [0.1, 0.15) is 32.1 Å². The molecule has 0 aromatic carbocycles. The molecule has 22 heavy (non-hydrogen) atoms. The van der Waals surface area contributed by atoms with E-state index in [0.29, 0.717) is 32.0 Å². The van der Waals surface area contributed by atoms with Gasteiger partial charge in [0.1, 0.15) is 0 Å². The van der Waals surface area contributed by atoms with Gasteiger partial charge in [-0.15, -0.1) is 0 Å². The zero-order valence-electron chi connectivity index (χ0n) is 12.6.